The number of aromatic nitrogens is 4. The van der Waals surface area contributed by atoms with Gasteiger partial charge in [-0.15, -0.1) is 0 Å². The van der Waals surface area contributed by atoms with Crippen LogP contribution in [0.15, 0.2) is 55.0 Å². The molecule has 1 unspecified atom stereocenters. The van der Waals surface area contributed by atoms with Gasteiger partial charge in [0.05, 0.1) is 18.5 Å². The van der Waals surface area contributed by atoms with Crippen LogP contribution in [0.3, 0.4) is 0 Å². The van der Waals surface area contributed by atoms with E-state index in [1.165, 1.54) is 17.0 Å². The van der Waals surface area contributed by atoms with Crippen LogP contribution in [-0.4, -0.2) is 55.8 Å². The van der Waals surface area contributed by atoms with Gasteiger partial charge in [0.1, 0.15) is 34.9 Å². The third kappa shape index (κ3) is 4.92. The number of nitrogens with one attached hydrogen (secondary N) is 2. The zero-order valence-electron chi connectivity index (χ0n) is 20.7. The quantitative estimate of drug-likeness (QED) is 0.292. The summed E-state index contributed by atoms with van der Waals surface area (Å²) in [4.78, 5) is 27.0. The minimum Gasteiger partial charge on any atom is -0.494 e. The van der Waals surface area contributed by atoms with E-state index in [0.29, 0.717) is 46.6 Å². The number of ether oxygens (including phenoxy) is 1. The van der Waals surface area contributed by atoms with Crippen LogP contribution in [0.1, 0.15) is 29.8 Å². The number of rotatable bonds is 7. The van der Waals surface area contributed by atoms with Gasteiger partial charge in [-0.05, 0) is 43.2 Å². The standard InChI is InChI=1S/C26H25ClFN7O3/c1-3-29-24-18-10-11-35(26(36)37)23(15-4-6-16(28)7-5-15)22(18)32-25(33-24)31-17-8-9-19(20(12-17)38-2)34-13-21(27)30-14-34/h4-9,12-14,23H,3,10-11H2,1-2H3,(H,36,37)(H2,29,31,32,33). The Morgan fingerprint density at radius 3 is 2.68 bits per heavy atom. The molecule has 2 aromatic carbocycles. The van der Waals surface area contributed by atoms with Crippen LogP contribution >= 0.6 is 11.6 Å². The molecule has 4 aromatic rings. The van der Waals surface area contributed by atoms with Gasteiger partial charge in [0.25, 0.3) is 0 Å². The Labute approximate surface area is 223 Å². The van der Waals surface area contributed by atoms with Gasteiger partial charge in [0.15, 0.2) is 0 Å². The highest BCUT2D eigenvalue weighted by Crippen LogP contribution is 2.38. The lowest BCUT2D eigenvalue weighted by molar-refractivity contribution is 0.128. The minimum absolute atomic E-state index is 0.260. The first-order chi connectivity index (χ1) is 18.4. The molecule has 1 atom stereocenters. The second-order valence-electron chi connectivity index (χ2n) is 8.59. The summed E-state index contributed by atoms with van der Waals surface area (Å²) >= 11 is 5.97. The number of methoxy groups -OCH3 is 1. The van der Waals surface area contributed by atoms with Crippen LogP contribution in [0.25, 0.3) is 5.69 Å². The van der Waals surface area contributed by atoms with Crippen LogP contribution in [0.5, 0.6) is 5.75 Å². The van der Waals surface area contributed by atoms with Gasteiger partial charge in [-0.2, -0.15) is 4.98 Å². The van der Waals surface area contributed by atoms with Gasteiger partial charge in [-0.3, -0.25) is 4.90 Å². The van der Waals surface area contributed by atoms with E-state index in [9.17, 15) is 14.3 Å². The summed E-state index contributed by atoms with van der Waals surface area (Å²) in [5, 5.41) is 16.8. The molecule has 2 aromatic heterocycles. The summed E-state index contributed by atoms with van der Waals surface area (Å²) in [6.45, 7) is 2.83. The second kappa shape index (κ2) is 10.5. The van der Waals surface area contributed by atoms with Gasteiger partial charge < -0.3 is 25.0 Å². The average Bonchev–Trinajstić information content (AvgIpc) is 3.34. The van der Waals surface area contributed by atoms with E-state index in [4.69, 9.17) is 21.3 Å². The lowest BCUT2D eigenvalue weighted by atomic mass is 9.92. The number of amides is 1. The minimum atomic E-state index is -1.08. The first-order valence-corrected chi connectivity index (χ1v) is 12.3. The van der Waals surface area contributed by atoms with E-state index < -0.39 is 18.0 Å². The molecule has 0 saturated heterocycles. The number of imidazole rings is 1. The zero-order chi connectivity index (χ0) is 26.8. The van der Waals surface area contributed by atoms with Crippen LogP contribution in [0.4, 0.5) is 26.6 Å². The molecule has 5 rings (SSSR count). The number of hydrogen-bond donors (Lipinski definition) is 3. The van der Waals surface area contributed by atoms with Crippen molar-refractivity contribution >= 4 is 35.1 Å². The van der Waals surface area contributed by atoms with Gasteiger partial charge in [0.2, 0.25) is 5.95 Å². The molecular formula is C26H25ClFN7O3. The molecule has 0 radical (unpaired) electrons. The molecule has 38 heavy (non-hydrogen) atoms. The Balaban J connectivity index is 1.57. The summed E-state index contributed by atoms with van der Waals surface area (Å²) in [6.07, 6.45) is 2.62. The van der Waals surface area contributed by atoms with Crippen LogP contribution in [0, 0.1) is 5.82 Å². The number of carbonyl (C=O) groups is 1. The average molecular weight is 538 g/mol. The first kappa shape index (κ1) is 25.3. The number of halogens is 2. The van der Waals surface area contributed by atoms with E-state index in [1.54, 1.807) is 42.4 Å². The summed E-state index contributed by atoms with van der Waals surface area (Å²) in [5.74, 6) is 1.06. The Bertz CT molecular complexity index is 1480. The molecule has 3 N–H and O–H groups in total. The molecule has 0 bridgehead atoms. The highest BCUT2D eigenvalue weighted by atomic mass is 35.5. The number of fused-ring (bicyclic) bond motifs is 1. The van der Waals surface area contributed by atoms with Crippen molar-refractivity contribution in [1.29, 1.82) is 0 Å². The fourth-order valence-electron chi connectivity index (χ4n) is 4.57. The number of hydrogen-bond acceptors (Lipinski definition) is 7. The predicted molar refractivity (Wildman–Crippen MR) is 141 cm³/mol. The zero-order valence-corrected chi connectivity index (χ0v) is 21.4. The highest BCUT2D eigenvalue weighted by Gasteiger charge is 2.35. The van der Waals surface area contributed by atoms with E-state index in [2.05, 4.69) is 20.6 Å². The Hall–Kier alpha value is -4.38. The molecule has 0 spiro atoms. The van der Waals surface area contributed by atoms with Crippen molar-refractivity contribution in [3.63, 3.8) is 0 Å². The topological polar surface area (TPSA) is 117 Å². The number of benzene rings is 2. The normalized spacial score (nSPS) is 14.6. The van der Waals surface area contributed by atoms with Crippen molar-refractivity contribution in [2.45, 2.75) is 19.4 Å². The molecular weight excluding hydrogens is 513 g/mol. The first-order valence-electron chi connectivity index (χ1n) is 11.9. The van der Waals surface area contributed by atoms with E-state index in [0.717, 1.165) is 11.3 Å². The van der Waals surface area contributed by atoms with Gasteiger partial charge in [0, 0.05) is 36.6 Å². The lowest BCUT2D eigenvalue weighted by Gasteiger charge is -2.35. The second-order valence-corrected chi connectivity index (χ2v) is 8.97. The molecule has 0 saturated carbocycles. The van der Waals surface area contributed by atoms with Gasteiger partial charge in [-0.1, -0.05) is 23.7 Å². The number of anilines is 3. The summed E-state index contributed by atoms with van der Waals surface area (Å²) in [6, 6.07) is 10.5. The molecule has 1 aliphatic rings. The van der Waals surface area contributed by atoms with Crippen molar-refractivity contribution in [3.05, 3.63) is 82.8 Å². The Kier molecular flexibility index (Phi) is 7.01. The van der Waals surface area contributed by atoms with E-state index in [1.807, 2.05) is 19.1 Å². The summed E-state index contributed by atoms with van der Waals surface area (Å²) in [5.41, 5.74) is 3.38. The van der Waals surface area contributed by atoms with Gasteiger partial charge >= 0.3 is 6.09 Å². The fourth-order valence-corrected chi connectivity index (χ4v) is 4.72. The molecule has 0 aliphatic carbocycles. The number of carboxylic acid groups (broad SMARTS) is 1. The maximum Gasteiger partial charge on any atom is 0.408 e. The SMILES string of the molecule is CCNc1nc(Nc2ccc(-n3cnc(Cl)c3)c(OC)c2)nc2c1CCN(C(=O)O)C2c1ccc(F)cc1. The molecule has 1 aliphatic heterocycles. The van der Waals surface area contributed by atoms with Crippen molar-refractivity contribution in [1.82, 2.24) is 24.4 Å². The molecule has 196 valence electrons. The number of nitrogens with zero attached hydrogens (tertiary/aromatic N) is 5. The molecule has 12 heteroatoms. The van der Waals surface area contributed by atoms with Crippen LogP contribution in [0.2, 0.25) is 5.15 Å². The van der Waals surface area contributed by atoms with Crippen molar-refractivity contribution in [2.75, 3.05) is 30.8 Å². The predicted octanol–water partition coefficient (Wildman–Crippen LogP) is 5.26. The maximum absolute atomic E-state index is 13.7. The smallest absolute Gasteiger partial charge is 0.408 e. The van der Waals surface area contributed by atoms with Crippen LogP contribution < -0.4 is 15.4 Å². The summed E-state index contributed by atoms with van der Waals surface area (Å²) in [7, 11) is 1.56. The van der Waals surface area contributed by atoms with Crippen molar-refractivity contribution in [2.24, 2.45) is 0 Å². The third-order valence-electron chi connectivity index (χ3n) is 6.25. The maximum atomic E-state index is 13.7. The molecule has 1 amide bonds. The molecule has 10 nitrogen and oxygen atoms in total. The highest BCUT2D eigenvalue weighted by molar-refractivity contribution is 6.29. The van der Waals surface area contributed by atoms with Crippen LogP contribution in [-0.2, 0) is 6.42 Å². The van der Waals surface area contributed by atoms with E-state index >= 15 is 0 Å². The lowest BCUT2D eigenvalue weighted by Crippen LogP contribution is -2.40. The summed E-state index contributed by atoms with van der Waals surface area (Å²) < 4.78 is 21.0. The fraction of sp³-hybridized carbons (Fsp3) is 0.231. The monoisotopic (exact) mass is 537 g/mol. The van der Waals surface area contributed by atoms with Gasteiger partial charge in [-0.25, -0.2) is 19.2 Å². The Morgan fingerprint density at radius 2 is 2.03 bits per heavy atom. The third-order valence-corrected chi connectivity index (χ3v) is 6.45. The van der Waals surface area contributed by atoms with Crippen molar-refractivity contribution < 1.29 is 19.0 Å². The van der Waals surface area contributed by atoms with Crippen molar-refractivity contribution in [3.8, 4) is 11.4 Å². The Morgan fingerprint density at radius 1 is 1.24 bits per heavy atom. The van der Waals surface area contributed by atoms with E-state index in [-0.39, 0.29) is 12.5 Å². The largest absolute Gasteiger partial charge is 0.494 e. The molecule has 3 heterocycles. The molecule has 0 fully saturated rings.